The van der Waals surface area contributed by atoms with E-state index < -0.39 is 5.54 Å². The molecule has 0 bridgehead atoms. The Kier molecular flexibility index (Phi) is 4.00. The Hall–Kier alpha value is -1.39. The summed E-state index contributed by atoms with van der Waals surface area (Å²) in [6.07, 6.45) is 4.05. The molecule has 3 rings (SSSR count). The molecule has 1 aromatic carbocycles. The number of hydrogen-bond acceptors (Lipinski definition) is 3. The minimum absolute atomic E-state index is 0.199. The normalized spacial score (nSPS) is 26.3. The largest absolute Gasteiger partial charge is 0.376 e. The van der Waals surface area contributed by atoms with Crippen LogP contribution in [-0.2, 0) is 29.1 Å². The number of benzene rings is 1. The summed E-state index contributed by atoms with van der Waals surface area (Å²) >= 11 is 0. The maximum atomic E-state index is 11.9. The van der Waals surface area contributed by atoms with Crippen molar-refractivity contribution in [2.75, 3.05) is 13.2 Å². The molecule has 0 aliphatic carbocycles. The molecule has 1 saturated heterocycles. The van der Waals surface area contributed by atoms with Crippen molar-refractivity contribution in [3.63, 3.8) is 0 Å². The number of rotatable bonds is 3. The third-order valence-corrected chi connectivity index (χ3v) is 5.06. The van der Waals surface area contributed by atoms with Gasteiger partial charge in [0, 0.05) is 6.54 Å². The third kappa shape index (κ3) is 2.70. The molecule has 2 heterocycles. The van der Waals surface area contributed by atoms with Crippen molar-refractivity contribution in [1.82, 2.24) is 4.90 Å². The molecule has 2 aliphatic heterocycles. The van der Waals surface area contributed by atoms with Gasteiger partial charge in [-0.1, -0.05) is 18.2 Å². The lowest BCUT2D eigenvalue weighted by molar-refractivity contribution is -0.132. The van der Waals surface area contributed by atoms with Crippen molar-refractivity contribution in [2.45, 2.75) is 51.3 Å². The molecular weight excluding hydrogens is 264 g/mol. The van der Waals surface area contributed by atoms with Crippen LogP contribution in [-0.4, -0.2) is 29.5 Å². The maximum absolute atomic E-state index is 11.9. The number of carbonyl (C=O) groups is 1. The number of carbonyl (C=O) groups excluding carboxylic acids is 1. The molecule has 1 unspecified atom stereocenters. The van der Waals surface area contributed by atoms with Gasteiger partial charge in [0.05, 0.1) is 18.8 Å². The van der Waals surface area contributed by atoms with Crippen LogP contribution in [0, 0.1) is 0 Å². The van der Waals surface area contributed by atoms with Crippen LogP contribution in [0.2, 0.25) is 0 Å². The zero-order valence-corrected chi connectivity index (χ0v) is 12.7. The van der Waals surface area contributed by atoms with Gasteiger partial charge in [-0.2, -0.15) is 0 Å². The number of nitrogens with zero attached hydrogens (tertiary/aromatic N) is 1. The van der Waals surface area contributed by atoms with Gasteiger partial charge in [0.2, 0.25) is 5.91 Å². The molecule has 4 heteroatoms. The number of piperidine rings is 1. The molecule has 4 nitrogen and oxygen atoms in total. The van der Waals surface area contributed by atoms with Crippen LogP contribution in [0.1, 0.15) is 42.9 Å². The molecule has 1 aromatic rings. The SMILES string of the molecule is CC1(C(N)=O)CCCCN1Cc1cccc2c1CCOC2. The number of likely N-dealkylation sites (tertiary alicyclic amines) is 1. The molecule has 0 saturated carbocycles. The number of primary amides is 1. The second kappa shape index (κ2) is 5.78. The average molecular weight is 288 g/mol. The van der Waals surface area contributed by atoms with Gasteiger partial charge < -0.3 is 10.5 Å². The van der Waals surface area contributed by atoms with E-state index in [1.165, 1.54) is 16.7 Å². The third-order valence-electron chi connectivity index (χ3n) is 5.06. The molecule has 0 radical (unpaired) electrons. The van der Waals surface area contributed by atoms with E-state index in [0.29, 0.717) is 6.61 Å². The smallest absolute Gasteiger partial charge is 0.237 e. The van der Waals surface area contributed by atoms with E-state index in [0.717, 1.165) is 45.4 Å². The van der Waals surface area contributed by atoms with E-state index in [1.54, 1.807) is 0 Å². The minimum Gasteiger partial charge on any atom is -0.376 e. The highest BCUT2D eigenvalue weighted by Gasteiger charge is 2.39. The lowest BCUT2D eigenvalue weighted by Gasteiger charge is -2.43. The molecule has 21 heavy (non-hydrogen) atoms. The van der Waals surface area contributed by atoms with Crippen LogP contribution < -0.4 is 5.73 Å². The first-order valence-corrected chi connectivity index (χ1v) is 7.83. The highest BCUT2D eigenvalue weighted by atomic mass is 16.5. The molecular formula is C17H24N2O2. The molecule has 114 valence electrons. The molecule has 1 amide bonds. The van der Waals surface area contributed by atoms with E-state index in [1.807, 2.05) is 6.92 Å². The van der Waals surface area contributed by atoms with Crippen molar-refractivity contribution >= 4 is 5.91 Å². The Bertz CT molecular complexity index is 544. The van der Waals surface area contributed by atoms with Gasteiger partial charge in [-0.15, -0.1) is 0 Å². The average Bonchev–Trinajstić information content (AvgIpc) is 2.50. The Morgan fingerprint density at radius 1 is 1.43 bits per heavy atom. The fourth-order valence-corrected chi connectivity index (χ4v) is 3.56. The number of fused-ring (bicyclic) bond motifs is 1. The fraction of sp³-hybridized carbons (Fsp3) is 0.588. The topological polar surface area (TPSA) is 55.6 Å². The van der Waals surface area contributed by atoms with E-state index in [-0.39, 0.29) is 5.91 Å². The van der Waals surface area contributed by atoms with Crippen LogP contribution in [0.4, 0.5) is 0 Å². The van der Waals surface area contributed by atoms with Crippen molar-refractivity contribution < 1.29 is 9.53 Å². The molecule has 0 spiro atoms. The number of ether oxygens (including phenoxy) is 1. The number of amides is 1. The van der Waals surface area contributed by atoms with E-state index in [4.69, 9.17) is 10.5 Å². The van der Waals surface area contributed by atoms with Crippen LogP contribution in [0.15, 0.2) is 18.2 Å². The Morgan fingerprint density at radius 3 is 3.10 bits per heavy atom. The standard InChI is InChI=1S/C17H24N2O2/c1-17(16(18)20)8-2-3-9-19(17)11-13-5-4-6-14-12-21-10-7-15(13)14/h4-6H,2-3,7-12H2,1H3,(H2,18,20). The summed E-state index contributed by atoms with van der Waals surface area (Å²) in [5.74, 6) is -0.199. The Balaban J connectivity index is 1.87. The van der Waals surface area contributed by atoms with Crippen LogP contribution in [0.25, 0.3) is 0 Å². The second-order valence-electron chi connectivity index (χ2n) is 6.37. The molecule has 2 N–H and O–H groups in total. The summed E-state index contributed by atoms with van der Waals surface area (Å²) < 4.78 is 5.53. The Morgan fingerprint density at radius 2 is 2.29 bits per heavy atom. The second-order valence-corrected chi connectivity index (χ2v) is 6.37. The summed E-state index contributed by atoms with van der Waals surface area (Å²) in [7, 11) is 0. The minimum atomic E-state index is -0.508. The Labute approximate surface area is 126 Å². The summed E-state index contributed by atoms with van der Waals surface area (Å²) in [6, 6.07) is 6.41. The fourth-order valence-electron chi connectivity index (χ4n) is 3.56. The summed E-state index contributed by atoms with van der Waals surface area (Å²) in [4.78, 5) is 14.2. The van der Waals surface area contributed by atoms with Crippen LogP contribution in [0.5, 0.6) is 0 Å². The van der Waals surface area contributed by atoms with Gasteiger partial charge in [-0.25, -0.2) is 0 Å². The van der Waals surface area contributed by atoms with Crippen molar-refractivity contribution in [2.24, 2.45) is 5.73 Å². The van der Waals surface area contributed by atoms with Crippen LogP contribution in [0.3, 0.4) is 0 Å². The van der Waals surface area contributed by atoms with Crippen LogP contribution >= 0.6 is 0 Å². The zero-order chi connectivity index (χ0) is 14.9. The van der Waals surface area contributed by atoms with Gasteiger partial charge in [-0.3, -0.25) is 9.69 Å². The first kappa shape index (κ1) is 14.5. The highest BCUT2D eigenvalue weighted by molar-refractivity contribution is 5.84. The van der Waals surface area contributed by atoms with Crippen molar-refractivity contribution in [3.05, 3.63) is 34.9 Å². The summed E-state index contributed by atoms with van der Waals surface area (Å²) in [5.41, 5.74) is 9.19. The van der Waals surface area contributed by atoms with Gasteiger partial charge >= 0.3 is 0 Å². The predicted octanol–water partition coefficient (Wildman–Crippen LogP) is 1.99. The molecule has 0 aromatic heterocycles. The molecule has 1 fully saturated rings. The van der Waals surface area contributed by atoms with Gasteiger partial charge in [0.15, 0.2) is 0 Å². The highest BCUT2D eigenvalue weighted by Crippen LogP contribution is 2.31. The van der Waals surface area contributed by atoms with E-state index >= 15 is 0 Å². The van der Waals surface area contributed by atoms with Crippen molar-refractivity contribution in [1.29, 1.82) is 0 Å². The molecule has 1 atom stereocenters. The number of nitrogens with two attached hydrogens (primary N) is 1. The predicted molar refractivity (Wildman–Crippen MR) is 81.7 cm³/mol. The first-order valence-electron chi connectivity index (χ1n) is 7.83. The maximum Gasteiger partial charge on any atom is 0.237 e. The summed E-state index contributed by atoms with van der Waals surface area (Å²) in [5, 5.41) is 0. The zero-order valence-electron chi connectivity index (χ0n) is 12.7. The van der Waals surface area contributed by atoms with E-state index in [9.17, 15) is 4.79 Å². The first-order chi connectivity index (χ1) is 10.1. The van der Waals surface area contributed by atoms with Gasteiger partial charge in [-0.05, 0) is 55.8 Å². The van der Waals surface area contributed by atoms with Gasteiger partial charge in [0.25, 0.3) is 0 Å². The van der Waals surface area contributed by atoms with Gasteiger partial charge in [0.1, 0.15) is 0 Å². The van der Waals surface area contributed by atoms with Crippen molar-refractivity contribution in [3.8, 4) is 0 Å². The lowest BCUT2D eigenvalue weighted by atomic mass is 9.86. The molecule has 2 aliphatic rings. The lowest BCUT2D eigenvalue weighted by Crippen LogP contribution is -2.57. The number of hydrogen-bond donors (Lipinski definition) is 1. The summed E-state index contributed by atoms with van der Waals surface area (Å²) in [6.45, 7) is 5.24. The monoisotopic (exact) mass is 288 g/mol. The quantitative estimate of drug-likeness (QED) is 0.925. The van der Waals surface area contributed by atoms with E-state index in [2.05, 4.69) is 23.1 Å².